The van der Waals surface area contributed by atoms with Crippen molar-refractivity contribution in [3.8, 4) is 17.0 Å². The number of carbonyl (C=O) groups excluding carboxylic acids is 1. The number of nitrogens with zero attached hydrogens (tertiary/aromatic N) is 1. The molecule has 1 heterocycles. The van der Waals surface area contributed by atoms with E-state index < -0.39 is 0 Å². The second kappa shape index (κ2) is 8.60. The maximum absolute atomic E-state index is 12.1. The van der Waals surface area contributed by atoms with Crippen LogP contribution >= 0.6 is 11.3 Å². The van der Waals surface area contributed by atoms with E-state index in [9.17, 15) is 4.79 Å². The van der Waals surface area contributed by atoms with Gasteiger partial charge in [0.2, 0.25) is 5.91 Å². The Morgan fingerprint density at radius 1 is 1.19 bits per heavy atom. The van der Waals surface area contributed by atoms with Crippen LogP contribution in [0, 0.1) is 6.92 Å². The number of anilines is 1. The highest BCUT2D eigenvalue weighted by Gasteiger charge is 2.06. The van der Waals surface area contributed by atoms with E-state index >= 15 is 0 Å². The lowest BCUT2D eigenvalue weighted by molar-refractivity contribution is -0.121. The summed E-state index contributed by atoms with van der Waals surface area (Å²) >= 11 is 1.60. The molecule has 0 aliphatic carbocycles. The van der Waals surface area contributed by atoms with Crippen molar-refractivity contribution in [2.45, 2.75) is 13.5 Å². The monoisotopic (exact) mass is 368 g/mol. The molecule has 6 heteroatoms. The Kier molecular flexibility index (Phi) is 5.99. The number of carbonyl (C=O) groups is 1. The Hall–Kier alpha value is -2.70. The van der Waals surface area contributed by atoms with E-state index in [-0.39, 0.29) is 12.5 Å². The van der Waals surface area contributed by atoms with E-state index in [2.05, 4.69) is 10.3 Å². The van der Waals surface area contributed by atoms with Gasteiger partial charge < -0.3 is 14.8 Å². The molecule has 0 aliphatic heterocycles. The first-order valence-electron chi connectivity index (χ1n) is 8.17. The molecule has 26 heavy (non-hydrogen) atoms. The fourth-order valence-electron chi connectivity index (χ4n) is 2.47. The van der Waals surface area contributed by atoms with Crippen LogP contribution in [0.3, 0.4) is 0 Å². The van der Waals surface area contributed by atoms with Gasteiger partial charge in [-0.3, -0.25) is 4.79 Å². The smallest absolute Gasteiger partial charge is 0.250 e. The van der Waals surface area contributed by atoms with Crippen LogP contribution in [0.5, 0.6) is 5.75 Å². The molecule has 0 fully saturated rings. The lowest BCUT2D eigenvalue weighted by atomic mass is 10.1. The predicted molar refractivity (Wildman–Crippen MR) is 104 cm³/mol. The number of hydrogen-bond acceptors (Lipinski definition) is 5. The number of aryl methyl sites for hydroxylation is 1. The van der Waals surface area contributed by atoms with Crippen molar-refractivity contribution in [2.24, 2.45) is 0 Å². The van der Waals surface area contributed by atoms with Crippen molar-refractivity contribution in [1.29, 1.82) is 0 Å². The van der Waals surface area contributed by atoms with E-state index in [4.69, 9.17) is 9.47 Å². The van der Waals surface area contributed by atoms with Crippen LogP contribution in [-0.4, -0.2) is 24.6 Å². The Morgan fingerprint density at radius 2 is 2.04 bits per heavy atom. The first-order valence-corrected chi connectivity index (χ1v) is 9.05. The Bertz CT molecular complexity index is 892. The zero-order chi connectivity index (χ0) is 18.4. The zero-order valence-electron chi connectivity index (χ0n) is 14.7. The standard InChI is InChI=1S/C20H20N2O3S/c1-14-21-19(13-26-14)16-6-4-7-17(10-16)22-20(23)12-25-11-15-5-3-8-18(9-15)24-2/h3-10,13H,11-12H2,1-2H3,(H,22,23). The molecule has 5 nitrogen and oxygen atoms in total. The molecule has 1 amide bonds. The van der Waals surface area contributed by atoms with E-state index in [0.29, 0.717) is 6.61 Å². The molecule has 3 rings (SSSR count). The van der Waals surface area contributed by atoms with Crippen LogP contribution in [-0.2, 0) is 16.1 Å². The number of thiazole rings is 1. The molecule has 0 atom stereocenters. The maximum atomic E-state index is 12.1. The summed E-state index contributed by atoms with van der Waals surface area (Å²) in [6, 6.07) is 15.2. The molecule has 134 valence electrons. The molecular formula is C20H20N2O3S. The van der Waals surface area contributed by atoms with Crippen molar-refractivity contribution in [1.82, 2.24) is 4.98 Å². The van der Waals surface area contributed by atoms with Gasteiger partial charge in [-0.25, -0.2) is 4.98 Å². The van der Waals surface area contributed by atoms with Crippen LogP contribution in [0.2, 0.25) is 0 Å². The topological polar surface area (TPSA) is 60.5 Å². The molecular weight excluding hydrogens is 348 g/mol. The third kappa shape index (κ3) is 4.91. The molecule has 0 radical (unpaired) electrons. The molecule has 1 aromatic heterocycles. The van der Waals surface area contributed by atoms with Crippen molar-refractivity contribution in [3.05, 3.63) is 64.5 Å². The average molecular weight is 368 g/mol. The second-order valence-corrected chi connectivity index (χ2v) is 6.79. The number of ether oxygens (including phenoxy) is 2. The normalized spacial score (nSPS) is 10.5. The van der Waals surface area contributed by atoms with Gasteiger partial charge in [0, 0.05) is 16.6 Å². The fraction of sp³-hybridized carbons (Fsp3) is 0.200. The number of methoxy groups -OCH3 is 1. The molecule has 0 saturated heterocycles. The van der Waals surface area contributed by atoms with Crippen LogP contribution in [0.25, 0.3) is 11.3 Å². The first kappa shape index (κ1) is 18.1. The van der Waals surface area contributed by atoms with Crippen molar-refractivity contribution in [2.75, 3.05) is 19.0 Å². The Balaban J connectivity index is 1.53. The number of hydrogen-bond donors (Lipinski definition) is 1. The van der Waals surface area contributed by atoms with Crippen molar-refractivity contribution >= 4 is 22.9 Å². The first-order chi connectivity index (χ1) is 12.6. The Labute approximate surface area is 156 Å². The van der Waals surface area contributed by atoms with E-state index in [0.717, 1.165) is 33.3 Å². The minimum absolute atomic E-state index is 0.0166. The van der Waals surface area contributed by atoms with Crippen LogP contribution in [0.4, 0.5) is 5.69 Å². The Morgan fingerprint density at radius 3 is 2.81 bits per heavy atom. The summed E-state index contributed by atoms with van der Waals surface area (Å²) in [5, 5.41) is 5.88. The number of nitrogens with one attached hydrogen (secondary N) is 1. The predicted octanol–water partition coefficient (Wildman–Crippen LogP) is 4.28. The van der Waals surface area contributed by atoms with E-state index in [1.807, 2.05) is 60.8 Å². The van der Waals surface area contributed by atoms with Gasteiger partial charge in [0.15, 0.2) is 0 Å². The minimum atomic E-state index is -0.195. The molecule has 0 spiro atoms. The molecule has 3 aromatic rings. The van der Waals surface area contributed by atoms with Gasteiger partial charge in [0.25, 0.3) is 0 Å². The molecule has 1 N–H and O–H groups in total. The summed E-state index contributed by atoms with van der Waals surface area (Å²) in [7, 11) is 1.62. The molecule has 0 aliphatic rings. The quantitative estimate of drug-likeness (QED) is 0.676. The maximum Gasteiger partial charge on any atom is 0.250 e. The molecule has 0 saturated carbocycles. The molecule has 0 unspecified atom stereocenters. The van der Waals surface area contributed by atoms with Gasteiger partial charge >= 0.3 is 0 Å². The third-order valence-corrected chi connectivity index (χ3v) is 4.47. The summed E-state index contributed by atoms with van der Waals surface area (Å²) in [6.45, 7) is 2.31. The SMILES string of the molecule is COc1cccc(COCC(=O)Nc2cccc(-c3csc(C)n3)c2)c1. The summed E-state index contributed by atoms with van der Waals surface area (Å²) in [4.78, 5) is 16.6. The number of rotatable bonds is 7. The lowest BCUT2D eigenvalue weighted by Crippen LogP contribution is -2.18. The number of aromatic nitrogens is 1. The highest BCUT2D eigenvalue weighted by Crippen LogP contribution is 2.24. The van der Waals surface area contributed by atoms with Gasteiger partial charge in [-0.15, -0.1) is 11.3 Å². The number of amides is 1. The minimum Gasteiger partial charge on any atom is -0.497 e. The third-order valence-electron chi connectivity index (χ3n) is 3.70. The summed E-state index contributed by atoms with van der Waals surface area (Å²) in [6.07, 6.45) is 0. The largest absolute Gasteiger partial charge is 0.497 e. The van der Waals surface area contributed by atoms with Gasteiger partial charge in [-0.05, 0) is 36.8 Å². The summed E-state index contributed by atoms with van der Waals surface area (Å²) < 4.78 is 10.7. The van der Waals surface area contributed by atoms with Gasteiger partial charge in [-0.1, -0.05) is 24.3 Å². The molecule has 2 aromatic carbocycles. The summed E-state index contributed by atoms with van der Waals surface area (Å²) in [5.41, 5.74) is 3.57. The average Bonchev–Trinajstić information content (AvgIpc) is 3.08. The van der Waals surface area contributed by atoms with Crippen molar-refractivity contribution < 1.29 is 14.3 Å². The van der Waals surface area contributed by atoms with Crippen LogP contribution < -0.4 is 10.1 Å². The van der Waals surface area contributed by atoms with Crippen LogP contribution in [0.15, 0.2) is 53.9 Å². The van der Waals surface area contributed by atoms with E-state index in [1.54, 1.807) is 18.4 Å². The number of benzene rings is 2. The molecule has 0 bridgehead atoms. The highest BCUT2D eigenvalue weighted by atomic mass is 32.1. The van der Waals surface area contributed by atoms with Gasteiger partial charge in [-0.2, -0.15) is 0 Å². The van der Waals surface area contributed by atoms with Gasteiger partial charge in [0.1, 0.15) is 12.4 Å². The lowest BCUT2D eigenvalue weighted by Gasteiger charge is -2.08. The highest BCUT2D eigenvalue weighted by molar-refractivity contribution is 7.09. The van der Waals surface area contributed by atoms with Gasteiger partial charge in [0.05, 0.1) is 24.4 Å². The fourth-order valence-corrected chi connectivity index (χ4v) is 3.10. The van der Waals surface area contributed by atoms with Crippen LogP contribution in [0.1, 0.15) is 10.6 Å². The second-order valence-electron chi connectivity index (χ2n) is 5.73. The van der Waals surface area contributed by atoms with E-state index in [1.165, 1.54) is 0 Å². The summed E-state index contributed by atoms with van der Waals surface area (Å²) in [5.74, 6) is 0.573. The van der Waals surface area contributed by atoms with Crippen molar-refractivity contribution in [3.63, 3.8) is 0 Å². The zero-order valence-corrected chi connectivity index (χ0v) is 15.5.